The van der Waals surface area contributed by atoms with Crippen molar-refractivity contribution in [3.05, 3.63) is 60.3 Å². The lowest BCUT2D eigenvalue weighted by atomic mass is 10.1. The molecule has 1 amide bonds. The average molecular weight is 333 g/mol. The van der Waals surface area contributed by atoms with E-state index >= 15 is 0 Å². The van der Waals surface area contributed by atoms with Crippen LogP contribution in [0.2, 0.25) is 0 Å². The maximum Gasteiger partial charge on any atom is 0.296 e. The van der Waals surface area contributed by atoms with E-state index in [0.29, 0.717) is 22.3 Å². The van der Waals surface area contributed by atoms with Gasteiger partial charge >= 0.3 is 0 Å². The van der Waals surface area contributed by atoms with Crippen LogP contribution >= 0.6 is 0 Å². The van der Waals surface area contributed by atoms with Gasteiger partial charge in [0.05, 0.1) is 17.6 Å². The Kier molecular flexibility index (Phi) is 4.66. The summed E-state index contributed by atoms with van der Waals surface area (Å²) in [5.41, 5.74) is 7.40. The van der Waals surface area contributed by atoms with Gasteiger partial charge in [0.15, 0.2) is 0 Å². The number of aromatic nitrogens is 1. The predicted molar refractivity (Wildman–Crippen MR) is 98.5 cm³/mol. The van der Waals surface area contributed by atoms with E-state index in [1.54, 1.807) is 36.5 Å². The maximum atomic E-state index is 12.4. The Balaban J connectivity index is 1.72. The first-order chi connectivity index (χ1) is 12.2. The monoisotopic (exact) mass is 333 g/mol. The van der Waals surface area contributed by atoms with Crippen molar-refractivity contribution in [3.63, 3.8) is 0 Å². The van der Waals surface area contributed by atoms with Gasteiger partial charge in [-0.05, 0) is 30.3 Å². The van der Waals surface area contributed by atoms with Gasteiger partial charge in [0.25, 0.3) is 11.7 Å². The Morgan fingerprint density at radius 3 is 2.60 bits per heavy atom. The number of aromatic amines is 1. The number of aliphatic imine (C=N–C) groups is 2. The number of ketones is 1. The van der Waals surface area contributed by atoms with E-state index in [4.69, 9.17) is 5.73 Å². The molecule has 7 nitrogen and oxygen atoms in total. The first kappa shape index (κ1) is 16.1. The van der Waals surface area contributed by atoms with Gasteiger partial charge in [-0.2, -0.15) is 0 Å². The molecule has 0 atom stereocenters. The summed E-state index contributed by atoms with van der Waals surface area (Å²) in [5.74, 6) is -1.30. The van der Waals surface area contributed by atoms with Crippen LogP contribution < -0.4 is 11.1 Å². The molecule has 1 heterocycles. The highest BCUT2D eigenvalue weighted by molar-refractivity contribution is 6.48. The average Bonchev–Trinajstić information content (AvgIpc) is 3.07. The van der Waals surface area contributed by atoms with Gasteiger partial charge in [-0.1, -0.05) is 18.2 Å². The second-order valence-electron chi connectivity index (χ2n) is 5.12. The minimum Gasteiger partial charge on any atom is -0.390 e. The highest BCUT2D eigenvalue weighted by Crippen LogP contribution is 2.20. The van der Waals surface area contributed by atoms with Crippen LogP contribution in [0, 0.1) is 0 Å². The minimum atomic E-state index is -0.700. The number of para-hydroxylation sites is 1. The SMILES string of the molecule is NC=NC=Nc1ccc(NC(=O)C(=O)c2c[nH]c3ccccc23)cc1. The lowest BCUT2D eigenvalue weighted by Crippen LogP contribution is -2.22. The molecule has 4 N–H and O–H groups in total. The number of rotatable bonds is 5. The van der Waals surface area contributed by atoms with Crippen molar-refractivity contribution < 1.29 is 9.59 Å². The van der Waals surface area contributed by atoms with Gasteiger partial charge in [0.2, 0.25) is 0 Å². The molecule has 0 unspecified atom stereocenters. The Hall–Kier alpha value is -3.74. The van der Waals surface area contributed by atoms with E-state index in [1.807, 2.05) is 18.2 Å². The lowest BCUT2D eigenvalue weighted by Gasteiger charge is -2.04. The molecule has 0 aliphatic heterocycles. The molecule has 3 rings (SSSR count). The quantitative estimate of drug-likeness (QED) is 0.289. The van der Waals surface area contributed by atoms with E-state index in [2.05, 4.69) is 20.3 Å². The van der Waals surface area contributed by atoms with Crippen LogP contribution in [0.5, 0.6) is 0 Å². The molecular formula is C18H15N5O2. The van der Waals surface area contributed by atoms with E-state index in [-0.39, 0.29) is 0 Å². The second kappa shape index (κ2) is 7.22. The number of hydrogen-bond acceptors (Lipinski definition) is 3. The number of fused-ring (bicyclic) bond motifs is 1. The third kappa shape index (κ3) is 3.61. The van der Waals surface area contributed by atoms with Crippen molar-refractivity contribution in [1.29, 1.82) is 0 Å². The molecule has 0 spiro atoms. The molecule has 3 aromatic rings. The summed E-state index contributed by atoms with van der Waals surface area (Å²) in [6, 6.07) is 14.0. The second-order valence-corrected chi connectivity index (χ2v) is 5.12. The number of carbonyl (C=O) groups excluding carboxylic acids is 2. The molecule has 0 fully saturated rings. The molecule has 1 aromatic heterocycles. The zero-order valence-electron chi connectivity index (χ0n) is 13.1. The number of Topliss-reactive ketones (excluding diaryl/α,β-unsaturated/α-hetero) is 1. The van der Waals surface area contributed by atoms with Gasteiger partial charge in [-0.25, -0.2) is 9.98 Å². The third-order valence-corrected chi connectivity index (χ3v) is 3.52. The molecule has 7 heteroatoms. The first-order valence-electron chi connectivity index (χ1n) is 7.47. The summed E-state index contributed by atoms with van der Waals surface area (Å²) >= 11 is 0. The number of anilines is 1. The smallest absolute Gasteiger partial charge is 0.296 e. The molecule has 0 saturated heterocycles. The van der Waals surface area contributed by atoms with Crippen LogP contribution in [-0.2, 0) is 4.79 Å². The fourth-order valence-corrected chi connectivity index (χ4v) is 2.34. The largest absolute Gasteiger partial charge is 0.390 e. The van der Waals surface area contributed by atoms with Crippen molar-refractivity contribution >= 4 is 46.6 Å². The van der Waals surface area contributed by atoms with E-state index < -0.39 is 11.7 Å². The van der Waals surface area contributed by atoms with Crippen LogP contribution in [0.25, 0.3) is 10.9 Å². The molecular weight excluding hydrogens is 318 g/mol. The normalized spacial score (nSPS) is 11.4. The van der Waals surface area contributed by atoms with Crippen molar-refractivity contribution in [2.75, 3.05) is 5.32 Å². The number of H-pyrrole nitrogens is 1. The standard InChI is InChI=1S/C18H15N5O2/c19-10-20-11-22-12-5-7-13(8-6-12)23-18(25)17(24)15-9-21-16-4-2-1-3-14(15)16/h1-11,21H,(H,23,25)(H2,19,20,22). The Labute approximate surface area is 143 Å². The molecule has 25 heavy (non-hydrogen) atoms. The fraction of sp³-hybridized carbons (Fsp3) is 0. The summed E-state index contributed by atoms with van der Waals surface area (Å²) in [7, 11) is 0. The van der Waals surface area contributed by atoms with Crippen molar-refractivity contribution in [1.82, 2.24) is 4.98 Å². The molecule has 0 aliphatic carbocycles. The molecule has 0 aliphatic rings. The van der Waals surface area contributed by atoms with Gasteiger partial charge in [-0.3, -0.25) is 9.59 Å². The maximum absolute atomic E-state index is 12.4. The summed E-state index contributed by atoms with van der Waals surface area (Å²) in [6.07, 6.45) is 3.99. The van der Waals surface area contributed by atoms with Gasteiger partial charge in [-0.15, -0.1) is 0 Å². The molecule has 2 aromatic carbocycles. The molecule has 0 bridgehead atoms. The Morgan fingerprint density at radius 2 is 1.84 bits per heavy atom. The number of benzene rings is 2. The van der Waals surface area contributed by atoms with Crippen LogP contribution in [0.3, 0.4) is 0 Å². The van der Waals surface area contributed by atoms with Gasteiger partial charge in [0, 0.05) is 22.8 Å². The van der Waals surface area contributed by atoms with Crippen LogP contribution in [0.4, 0.5) is 11.4 Å². The minimum absolute atomic E-state index is 0.342. The third-order valence-electron chi connectivity index (χ3n) is 3.52. The summed E-state index contributed by atoms with van der Waals surface area (Å²) in [6.45, 7) is 0. The van der Waals surface area contributed by atoms with Gasteiger partial charge < -0.3 is 16.0 Å². The molecule has 124 valence electrons. The number of hydrogen-bond donors (Lipinski definition) is 3. The number of nitrogens with zero attached hydrogens (tertiary/aromatic N) is 2. The Morgan fingerprint density at radius 1 is 1.08 bits per heavy atom. The zero-order chi connectivity index (χ0) is 17.6. The molecule has 0 saturated carbocycles. The van der Waals surface area contributed by atoms with Crippen molar-refractivity contribution in [2.24, 2.45) is 15.7 Å². The van der Waals surface area contributed by atoms with E-state index in [0.717, 1.165) is 11.9 Å². The number of carbonyl (C=O) groups is 2. The number of nitrogens with one attached hydrogen (secondary N) is 2. The summed E-state index contributed by atoms with van der Waals surface area (Å²) in [5, 5.41) is 3.30. The van der Waals surface area contributed by atoms with E-state index in [1.165, 1.54) is 6.34 Å². The van der Waals surface area contributed by atoms with Crippen LogP contribution in [0.1, 0.15) is 10.4 Å². The topological polar surface area (TPSA) is 113 Å². The zero-order valence-corrected chi connectivity index (χ0v) is 13.1. The van der Waals surface area contributed by atoms with Crippen LogP contribution in [0.15, 0.2) is 64.7 Å². The highest BCUT2D eigenvalue weighted by Gasteiger charge is 2.19. The van der Waals surface area contributed by atoms with Crippen LogP contribution in [-0.4, -0.2) is 29.4 Å². The number of nitrogens with two attached hydrogens (primary N) is 1. The Bertz CT molecular complexity index is 971. The summed E-state index contributed by atoms with van der Waals surface area (Å²) in [4.78, 5) is 35.3. The first-order valence-corrected chi connectivity index (χ1v) is 7.47. The summed E-state index contributed by atoms with van der Waals surface area (Å²) < 4.78 is 0. The van der Waals surface area contributed by atoms with Crippen molar-refractivity contribution in [3.8, 4) is 0 Å². The van der Waals surface area contributed by atoms with Gasteiger partial charge in [0.1, 0.15) is 6.34 Å². The number of amides is 1. The highest BCUT2D eigenvalue weighted by atomic mass is 16.2. The lowest BCUT2D eigenvalue weighted by molar-refractivity contribution is -0.112. The molecule has 0 radical (unpaired) electrons. The van der Waals surface area contributed by atoms with E-state index in [9.17, 15) is 9.59 Å². The van der Waals surface area contributed by atoms with Crippen molar-refractivity contribution in [2.45, 2.75) is 0 Å². The fourth-order valence-electron chi connectivity index (χ4n) is 2.34. The predicted octanol–water partition coefficient (Wildman–Crippen LogP) is 2.64.